The van der Waals surface area contributed by atoms with Crippen molar-refractivity contribution in [3.8, 4) is 0 Å². The highest BCUT2D eigenvalue weighted by molar-refractivity contribution is 6.33. The Hall–Kier alpha value is -1.72. The summed E-state index contributed by atoms with van der Waals surface area (Å²) >= 11 is 6.25. The number of nitrogens with zero attached hydrogens (tertiary/aromatic N) is 1. The largest absolute Gasteiger partial charge is 0.377 e. The Morgan fingerprint density at radius 2 is 2.00 bits per heavy atom. The fourth-order valence-corrected chi connectivity index (χ4v) is 3.05. The highest BCUT2D eigenvalue weighted by atomic mass is 35.5. The summed E-state index contributed by atoms with van der Waals surface area (Å²) in [4.78, 5) is 3.75. The Labute approximate surface area is 139 Å². The summed E-state index contributed by atoms with van der Waals surface area (Å²) < 4.78 is 28.6. The summed E-state index contributed by atoms with van der Waals surface area (Å²) in [6, 6.07) is 8.26. The third kappa shape index (κ3) is 3.62. The van der Waals surface area contributed by atoms with Crippen molar-refractivity contribution in [3.63, 3.8) is 0 Å². The molecule has 122 valence electrons. The van der Waals surface area contributed by atoms with Crippen LogP contribution in [0.2, 0.25) is 5.02 Å². The number of aromatic nitrogens is 1. The number of fused-ring (bicyclic) bond motifs is 1. The maximum Gasteiger partial charge on any atom is 0.306 e. The second kappa shape index (κ2) is 6.81. The van der Waals surface area contributed by atoms with E-state index in [1.54, 1.807) is 18.2 Å². The summed E-state index contributed by atoms with van der Waals surface area (Å²) in [5, 5.41) is 6.64. The molecule has 3 nitrogen and oxygen atoms in total. The topological polar surface area (TPSA) is 37.0 Å². The van der Waals surface area contributed by atoms with Crippen molar-refractivity contribution in [1.29, 1.82) is 0 Å². The number of nitrogens with one attached hydrogen (secondary N) is 2. The van der Waals surface area contributed by atoms with Crippen molar-refractivity contribution in [2.24, 2.45) is 0 Å². The predicted molar refractivity (Wildman–Crippen MR) is 88.4 cm³/mol. The van der Waals surface area contributed by atoms with Crippen LogP contribution in [-0.2, 0) is 18.8 Å². The molecule has 2 N–H and O–H groups in total. The molecule has 6 heteroatoms. The number of alkyl halides is 2. The lowest BCUT2D eigenvalue weighted by atomic mass is 10.0. The lowest BCUT2D eigenvalue weighted by molar-refractivity contribution is 0.00599. The lowest BCUT2D eigenvalue weighted by Crippen LogP contribution is -2.26. The first kappa shape index (κ1) is 16.1. The first-order chi connectivity index (χ1) is 11.1. The zero-order valence-electron chi connectivity index (χ0n) is 12.6. The molecule has 2 heterocycles. The van der Waals surface area contributed by atoms with Gasteiger partial charge in [-0.05, 0) is 55.3 Å². The van der Waals surface area contributed by atoms with Gasteiger partial charge in [0.2, 0.25) is 0 Å². The van der Waals surface area contributed by atoms with Gasteiger partial charge in [-0.1, -0.05) is 23.7 Å². The number of hydrogen-bond donors (Lipinski definition) is 2. The molecule has 0 bridgehead atoms. The van der Waals surface area contributed by atoms with Crippen molar-refractivity contribution in [2.45, 2.75) is 18.8 Å². The average Bonchev–Trinajstić information content (AvgIpc) is 2.80. The summed E-state index contributed by atoms with van der Waals surface area (Å²) in [5.41, 5.74) is 2.55. The van der Waals surface area contributed by atoms with Crippen LogP contribution in [0.5, 0.6) is 0 Å². The van der Waals surface area contributed by atoms with Crippen LogP contribution >= 0.6 is 11.6 Å². The van der Waals surface area contributed by atoms with Gasteiger partial charge in [0.25, 0.3) is 0 Å². The van der Waals surface area contributed by atoms with Crippen molar-refractivity contribution in [3.05, 3.63) is 58.4 Å². The number of hydrogen-bond acceptors (Lipinski definition) is 3. The summed E-state index contributed by atoms with van der Waals surface area (Å²) in [6.45, 7) is 1.17. The molecule has 1 aromatic carbocycles. The Balaban J connectivity index is 1.83. The number of rotatable bonds is 4. The van der Waals surface area contributed by atoms with Gasteiger partial charge in [0, 0.05) is 6.20 Å². The standard InChI is InChI=1S/C17H18ClF2N3/c18-14-5-4-12-6-9-21-10-7-13(12)16(14)23-11-17(19,20)15-3-1-2-8-22-15/h1-5,8,21,23H,6-7,9-11H2. The Kier molecular flexibility index (Phi) is 4.78. The summed E-state index contributed by atoms with van der Waals surface area (Å²) in [5.74, 6) is -3.06. The highest BCUT2D eigenvalue weighted by Crippen LogP contribution is 2.33. The van der Waals surface area contributed by atoms with Crippen molar-refractivity contribution in [2.75, 3.05) is 25.0 Å². The summed E-state index contributed by atoms with van der Waals surface area (Å²) in [7, 11) is 0. The van der Waals surface area contributed by atoms with Gasteiger partial charge in [-0.25, -0.2) is 0 Å². The number of halogens is 3. The number of anilines is 1. The molecule has 3 rings (SSSR count). The molecule has 0 spiro atoms. The van der Waals surface area contributed by atoms with Gasteiger partial charge in [0.05, 0.1) is 17.3 Å². The second-order valence-corrected chi connectivity index (χ2v) is 5.99. The van der Waals surface area contributed by atoms with Crippen LogP contribution in [-0.4, -0.2) is 24.6 Å². The van der Waals surface area contributed by atoms with Crippen LogP contribution in [0, 0.1) is 0 Å². The smallest absolute Gasteiger partial charge is 0.306 e. The fraction of sp³-hybridized carbons (Fsp3) is 0.353. The van der Waals surface area contributed by atoms with Gasteiger partial charge in [-0.15, -0.1) is 0 Å². The molecule has 2 aromatic rings. The fourth-order valence-electron chi connectivity index (χ4n) is 2.80. The first-order valence-corrected chi connectivity index (χ1v) is 8.00. The molecule has 0 saturated carbocycles. The monoisotopic (exact) mass is 337 g/mol. The average molecular weight is 338 g/mol. The molecular formula is C17H18ClF2N3. The van der Waals surface area contributed by atoms with E-state index < -0.39 is 12.5 Å². The minimum Gasteiger partial charge on any atom is -0.377 e. The van der Waals surface area contributed by atoms with E-state index >= 15 is 0 Å². The first-order valence-electron chi connectivity index (χ1n) is 7.62. The highest BCUT2D eigenvalue weighted by Gasteiger charge is 2.33. The van der Waals surface area contributed by atoms with Crippen LogP contribution in [0.1, 0.15) is 16.8 Å². The van der Waals surface area contributed by atoms with E-state index in [1.165, 1.54) is 12.3 Å². The van der Waals surface area contributed by atoms with Crippen LogP contribution in [0.4, 0.5) is 14.5 Å². The molecule has 1 aromatic heterocycles. The van der Waals surface area contributed by atoms with Gasteiger partial charge in [-0.2, -0.15) is 8.78 Å². The van der Waals surface area contributed by atoms with E-state index in [2.05, 4.69) is 15.6 Å². The third-order valence-electron chi connectivity index (χ3n) is 4.01. The Morgan fingerprint density at radius 3 is 2.78 bits per heavy atom. The van der Waals surface area contributed by atoms with Gasteiger partial charge in [0.15, 0.2) is 0 Å². The van der Waals surface area contributed by atoms with E-state index in [0.29, 0.717) is 10.7 Å². The Morgan fingerprint density at radius 1 is 1.17 bits per heavy atom. The van der Waals surface area contributed by atoms with Crippen LogP contribution < -0.4 is 10.6 Å². The van der Waals surface area contributed by atoms with Crippen LogP contribution in [0.3, 0.4) is 0 Å². The molecule has 0 fully saturated rings. The minimum atomic E-state index is -3.06. The van der Waals surface area contributed by atoms with Crippen LogP contribution in [0.15, 0.2) is 36.5 Å². The van der Waals surface area contributed by atoms with Gasteiger partial charge in [0.1, 0.15) is 5.69 Å². The molecule has 1 aliphatic heterocycles. The van der Waals surface area contributed by atoms with Crippen molar-refractivity contribution in [1.82, 2.24) is 10.3 Å². The SMILES string of the molecule is FC(F)(CNc1c(Cl)ccc2c1CCNCC2)c1ccccn1. The maximum absolute atomic E-state index is 14.3. The van der Waals surface area contributed by atoms with Gasteiger partial charge in [-0.3, -0.25) is 4.98 Å². The number of pyridine rings is 1. The van der Waals surface area contributed by atoms with E-state index in [9.17, 15) is 8.78 Å². The molecule has 1 aliphatic rings. The molecule has 0 amide bonds. The maximum atomic E-state index is 14.3. The zero-order valence-corrected chi connectivity index (χ0v) is 13.3. The van der Waals surface area contributed by atoms with Crippen LogP contribution in [0.25, 0.3) is 0 Å². The van der Waals surface area contributed by atoms with E-state index in [0.717, 1.165) is 37.1 Å². The molecule has 0 unspecified atom stereocenters. The quantitative estimate of drug-likeness (QED) is 0.894. The van der Waals surface area contributed by atoms with Gasteiger partial charge >= 0.3 is 5.92 Å². The molecule has 0 saturated heterocycles. The second-order valence-electron chi connectivity index (χ2n) is 5.58. The molecule has 0 aliphatic carbocycles. The zero-order chi connectivity index (χ0) is 16.3. The minimum absolute atomic E-state index is 0.243. The van der Waals surface area contributed by atoms with E-state index in [1.807, 2.05) is 6.07 Å². The third-order valence-corrected chi connectivity index (χ3v) is 4.32. The molecular weight excluding hydrogens is 320 g/mol. The normalized spacial score (nSPS) is 14.9. The molecule has 23 heavy (non-hydrogen) atoms. The lowest BCUT2D eigenvalue weighted by Gasteiger charge is -2.20. The van der Waals surface area contributed by atoms with Gasteiger partial charge < -0.3 is 10.6 Å². The Bertz CT molecular complexity index is 677. The van der Waals surface area contributed by atoms with E-state index in [-0.39, 0.29) is 5.69 Å². The molecule has 0 radical (unpaired) electrons. The van der Waals surface area contributed by atoms with Crippen molar-refractivity contribution >= 4 is 17.3 Å². The number of benzene rings is 1. The summed E-state index contributed by atoms with van der Waals surface area (Å²) in [6.07, 6.45) is 3.02. The predicted octanol–water partition coefficient (Wildman–Crippen LogP) is 3.63. The van der Waals surface area contributed by atoms with E-state index in [4.69, 9.17) is 11.6 Å². The molecule has 0 atom stereocenters. The van der Waals surface area contributed by atoms with Crippen molar-refractivity contribution < 1.29 is 8.78 Å².